The lowest BCUT2D eigenvalue weighted by Crippen LogP contribution is -2.07. The molecular formula is C20H18ClF2O2P. The summed E-state index contributed by atoms with van der Waals surface area (Å²) in [7, 11) is 3.88. The first-order chi connectivity index (χ1) is 12.4. The average molecular weight is 395 g/mol. The first kappa shape index (κ1) is 18.9. The quantitative estimate of drug-likeness (QED) is 0.544. The fourth-order valence-corrected chi connectivity index (χ4v) is 3.59. The van der Waals surface area contributed by atoms with Gasteiger partial charge in [-0.05, 0) is 71.6 Å². The van der Waals surface area contributed by atoms with Crippen molar-refractivity contribution in [2.45, 2.75) is 19.3 Å². The minimum Gasteiger partial charge on any atom is -0.508 e. The Morgan fingerprint density at radius 2 is 1.96 bits per heavy atom. The zero-order valence-corrected chi connectivity index (χ0v) is 16.1. The lowest BCUT2D eigenvalue weighted by Gasteiger charge is -2.19. The van der Waals surface area contributed by atoms with Gasteiger partial charge in [0.2, 0.25) is 0 Å². The van der Waals surface area contributed by atoms with Crippen LogP contribution in [0.3, 0.4) is 0 Å². The van der Waals surface area contributed by atoms with E-state index in [1.54, 1.807) is 0 Å². The molecular weight excluding hydrogens is 377 g/mol. The molecule has 0 radical (unpaired) electrons. The molecule has 0 heterocycles. The topological polar surface area (TPSA) is 29.5 Å². The van der Waals surface area contributed by atoms with Gasteiger partial charge in [-0.2, -0.15) is 0 Å². The van der Waals surface area contributed by atoms with E-state index < -0.39 is 11.6 Å². The Hall–Kier alpha value is -1.90. The number of hydrogen-bond donors (Lipinski definition) is 1. The highest BCUT2D eigenvalue weighted by molar-refractivity contribution is 7.27. The predicted molar refractivity (Wildman–Crippen MR) is 104 cm³/mol. The number of benzene rings is 2. The first-order valence-electron chi connectivity index (χ1n) is 8.12. The first-order valence-corrected chi connectivity index (χ1v) is 9.08. The van der Waals surface area contributed by atoms with Crippen molar-refractivity contribution >= 4 is 31.7 Å². The molecule has 2 nitrogen and oxygen atoms in total. The van der Waals surface area contributed by atoms with E-state index in [-0.39, 0.29) is 16.3 Å². The van der Waals surface area contributed by atoms with Gasteiger partial charge in [-0.15, -0.1) is 9.24 Å². The van der Waals surface area contributed by atoms with Gasteiger partial charge in [0, 0.05) is 5.56 Å². The van der Waals surface area contributed by atoms with Gasteiger partial charge in [0.05, 0.1) is 12.1 Å². The molecule has 0 aliphatic heterocycles. The Kier molecular flexibility index (Phi) is 5.64. The highest BCUT2D eigenvalue weighted by atomic mass is 35.5. The number of aliphatic hydroxyl groups is 1. The molecule has 0 bridgehead atoms. The third-order valence-electron chi connectivity index (χ3n) is 4.45. The van der Waals surface area contributed by atoms with Crippen molar-refractivity contribution in [1.82, 2.24) is 0 Å². The van der Waals surface area contributed by atoms with Gasteiger partial charge in [0.15, 0.2) is 0 Å². The summed E-state index contributed by atoms with van der Waals surface area (Å²) in [6.07, 6.45) is 4.13. The van der Waals surface area contributed by atoms with Crippen LogP contribution in [0.25, 0.3) is 5.57 Å². The van der Waals surface area contributed by atoms with Crippen molar-refractivity contribution in [2.75, 3.05) is 7.11 Å². The maximum absolute atomic E-state index is 14.7. The second kappa shape index (κ2) is 7.77. The van der Waals surface area contributed by atoms with E-state index in [2.05, 4.69) is 9.24 Å². The van der Waals surface area contributed by atoms with E-state index in [9.17, 15) is 13.9 Å². The molecule has 26 heavy (non-hydrogen) atoms. The summed E-state index contributed by atoms with van der Waals surface area (Å²) in [6.45, 7) is 0. The van der Waals surface area contributed by atoms with E-state index in [4.69, 9.17) is 16.3 Å². The molecule has 3 rings (SSSR count). The molecule has 136 valence electrons. The summed E-state index contributed by atoms with van der Waals surface area (Å²) < 4.78 is 33.4. The number of halogens is 3. The summed E-state index contributed by atoms with van der Waals surface area (Å²) in [4.78, 5) is 0. The van der Waals surface area contributed by atoms with Crippen LogP contribution >= 0.6 is 20.8 Å². The van der Waals surface area contributed by atoms with Crippen LogP contribution in [0.4, 0.5) is 8.78 Å². The zero-order valence-electron chi connectivity index (χ0n) is 14.2. The monoisotopic (exact) mass is 394 g/mol. The summed E-state index contributed by atoms with van der Waals surface area (Å²) >= 11 is 6.37. The molecule has 0 amide bonds. The summed E-state index contributed by atoms with van der Waals surface area (Å²) in [5, 5.41) is 11.1. The second-order valence-electron chi connectivity index (χ2n) is 6.07. The van der Waals surface area contributed by atoms with E-state index >= 15 is 0 Å². The molecule has 6 heteroatoms. The molecule has 2 aromatic rings. The van der Waals surface area contributed by atoms with Crippen molar-refractivity contribution < 1.29 is 18.6 Å². The minimum absolute atomic E-state index is 0.0956. The van der Waals surface area contributed by atoms with Crippen LogP contribution in [-0.4, -0.2) is 12.2 Å². The maximum Gasteiger partial charge on any atom is 0.138 e. The van der Waals surface area contributed by atoms with Crippen molar-refractivity contribution in [1.29, 1.82) is 0 Å². The fourth-order valence-electron chi connectivity index (χ4n) is 2.85. The predicted octanol–water partition coefficient (Wildman–Crippen LogP) is 5.55. The van der Waals surface area contributed by atoms with E-state index in [0.29, 0.717) is 22.2 Å². The fraction of sp³-hybridized carbons (Fsp3) is 0.200. The summed E-state index contributed by atoms with van der Waals surface area (Å²) in [5.41, 5.74) is 1.94. The lowest BCUT2D eigenvalue weighted by atomic mass is 9.89. The Labute approximate surface area is 158 Å². The number of rotatable bonds is 4. The number of aliphatic hydroxyl groups excluding tert-OH is 1. The third kappa shape index (κ3) is 3.62. The molecule has 1 aliphatic rings. The van der Waals surface area contributed by atoms with Crippen molar-refractivity contribution in [2.24, 2.45) is 0 Å². The van der Waals surface area contributed by atoms with Crippen LogP contribution in [-0.2, 0) is 0 Å². The van der Waals surface area contributed by atoms with E-state index in [1.807, 2.05) is 0 Å². The molecule has 2 aromatic carbocycles. The highest BCUT2D eigenvalue weighted by Crippen LogP contribution is 2.39. The van der Waals surface area contributed by atoms with E-state index in [1.165, 1.54) is 43.5 Å². The van der Waals surface area contributed by atoms with Gasteiger partial charge >= 0.3 is 0 Å². The molecule has 1 N–H and O–H groups in total. The van der Waals surface area contributed by atoms with Gasteiger partial charge in [-0.3, -0.25) is 0 Å². The maximum atomic E-state index is 14.7. The Morgan fingerprint density at radius 1 is 1.23 bits per heavy atom. The van der Waals surface area contributed by atoms with Gasteiger partial charge in [0.25, 0.3) is 0 Å². The Bertz CT molecular complexity index is 916. The second-order valence-corrected chi connectivity index (χ2v) is 7.07. The molecule has 1 aliphatic carbocycles. The summed E-state index contributed by atoms with van der Waals surface area (Å²) in [6, 6.07) is 6.85. The molecule has 1 unspecified atom stereocenters. The van der Waals surface area contributed by atoms with Gasteiger partial charge in [-0.25, -0.2) is 8.78 Å². The van der Waals surface area contributed by atoms with Crippen LogP contribution in [0.15, 0.2) is 47.7 Å². The molecule has 1 atom stereocenters. The Balaban J connectivity index is 2.27. The standard InChI is InChI=1S/C20H18ClF2O2P/c1-25-17-8-7-15(23)19(20(17)21)14(10-16(24)11-3-2-4-11)13-6-5-12(22)9-18(13)26/h5-10,24H,2-4,26H2,1H3/b14-10-. The third-order valence-corrected chi connectivity index (χ3v) is 5.30. The number of allylic oxidation sites excluding steroid dienone is 2. The molecule has 1 fully saturated rings. The van der Waals surface area contributed by atoms with Crippen molar-refractivity contribution in [3.63, 3.8) is 0 Å². The number of ether oxygens (including phenoxy) is 1. The van der Waals surface area contributed by atoms with Crippen LogP contribution in [0, 0.1) is 11.6 Å². The van der Waals surface area contributed by atoms with Gasteiger partial charge in [0.1, 0.15) is 23.1 Å². The Morgan fingerprint density at radius 3 is 2.54 bits per heavy atom. The normalized spacial score (nSPS) is 14.2. The SMILES string of the molecule is COc1ccc(F)c(/C(=C\C(O)=C2CCC2)c2ccc(F)cc2P)c1Cl. The number of methoxy groups -OCH3 is 1. The van der Waals surface area contributed by atoms with Crippen molar-refractivity contribution in [3.05, 3.63) is 75.5 Å². The highest BCUT2D eigenvalue weighted by Gasteiger charge is 2.21. The van der Waals surface area contributed by atoms with Crippen molar-refractivity contribution in [3.8, 4) is 5.75 Å². The van der Waals surface area contributed by atoms with Crippen LogP contribution in [0.1, 0.15) is 30.4 Å². The van der Waals surface area contributed by atoms with Crippen LogP contribution in [0.5, 0.6) is 5.75 Å². The molecule has 0 aromatic heterocycles. The summed E-state index contributed by atoms with van der Waals surface area (Å²) in [5.74, 6) is -0.547. The smallest absolute Gasteiger partial charge is 0.138 e. The largest absolute Gasteiger partial charge is 0.508 e. The van der Waals surface area contributed by atoms with Gasteiger partial charge < -0.3 is 9.84 Å². The van der Waals surface area contributed by atoms with Crippen LogP contribution in [0.2, 0.25) is 5.02 Å². The molecule has 1 saturated carbocycles. The van der Waals surface area contributed by atoms with Crippen LogP contribution < -0.4 is 10.0 Å². The average Bonchev–Trinajstić information content (AvgIpc) is 2.52. The zero-order chi connectivity index (χ0) is 18.8. The van der Waals surface area contributed by atoms with E-state index in [0.717, 1.165) is 24.8 Å². The van der Waals surface area contributed by atoms with Gasteiger partial charge in [-0.1, -0.05) is 17.7 Å². The lowest BCUT2D eigenvalue weighted by molar-refractivity contribution is 0.407. The number of hydrogen-bond acceptors (Lipinski definition) is 2. The molecule has 0 spiro atoms. The molecule has 0 saturated heterocycles. The minimum atomic E-state index is -0.554.